The van der Waals surface area contributed by atoms with Crippen molar-refractivity contribution in [2.75, 3.05) is 18.1 Å². The van der Waals surface area contributed by atoms with Crippen LogP contribution in [0.15, 0.2) is 24.4 Å². The summed E-state index contributed by atoms with van der Waals surface area (Å²) >= 11 is 0. The number of esters is 1. The third-order valence-corrected chi connectivity index (χ3v) is 4.49. The van der Waals surface area contributed by atoms with E-state index in [9.17, 15) is 4.79 Å². The van der Waals surface area contributed by atoms with Crippen molar-refractivity contribution in [2.24, 2.45) is 0 Å². The second-order valence-electron chi connectivity index (χ2n) is 6.56. The van der Waals surface area contributed by atoms with E-state index in [1.165, 1.54) is 0 Å². The number of hydrogen-bond donors (Lipinski definition) is 2. The Kier molecular flexibility index (Phi) is 5.67. The van der Waals surface area contributed by atoms with E-state index in [0.29, 0.717) is 34.9 Å². The van der Waals surface area contributed by atoms with Gasteiger partial charge in [-0.05, 0) is 39.3 Å². The smallest absolute Gasteiger partial charge is 0.341 e. The SMILES string of the molecule is CCOC(=O)c1c(C)nn(-c2ccc(C)c(OCc3cnc(N)nc3N)c2)c1C. The van der Waals surface area contributed by atoms with Crippen molar-refractivity contribution in [3.63, 3.8) is 0 Å². The van der Waals surface area contributed by atoms with Crippen molar-refractivity contribution in [3.8, 4) is 11.4 Å². The van der Waals surface area contributed by atoms with Gasteiger partial charge < -0.3 is 20.9 Å². The Hall–Kier alpha value is -3.62. The van der Waals surface area contributed by atoms with Crippen LogP contribution in [0.3, 0.4) is 0 Å². The minimum Gasteiger partial charge on any atom is -0.488 e. The first kappa shape index (κ1) is 20.1. The molecule has 29 heavy (non-hydrogen) atoms. The summed E-state index contributed by atoms with van der Waals surface area (Å²) in [6, 6.07) is 5.70. The molecule has 3 rings (SSSR count). The van der Waals surface area contributed by atoms with Gasteiger partial charge in [0.1, 0.15) is 23.7 Å². The molecule has 0 aliphatic heterocycles. The van der Waals surface area contributed by atoms with Crippen molar-refractivity contribution in [1.82, 2.24) is 19.7 Å². The molecule has 0 amide bonds. The van der Waals surface area contributed by atoms with Crippen LogP contribution in [0.1, 0.15) is 39.8 Å². The zero-order chi connectivity index (χ0) is 21.1. The summed E-state index contributed by atoms with van der Waals surface area (Å²) in [6.45, 7) is 7.83. The number of nitrogens with zero attached hydrogens (tertiary/aromatic N) is 4. The number of rotatable bonds is 6. The van der Waals surface area contributed by atoms with Gasteiger partial charge in [-0.1, -0.05) is 6.07 Å². The first-order valence-corrected chi connectivity index (χ1v) is 9.15. The average molecular weight is 396 g/mol. The third kappa shape index (κ3) is 4.13. The molecule has 0 saturated carbocycles. The molecule has 0 fully saturated rings. The molecule has 9 heteroatoms. The number of hydrogen-bond acceptors (Lipinski definition) is 8. The maximum absolute atomic E-state index is 12.2. The summed E-state index contributed by atoms with van der Waals surface area (Å²) in [5, 5.41) is 4.50. The number of ether oxygens (including phenoxy) is 2. The Balaban J connectivity index is 1.89. The molecule has 9 nitrogen and oxygen atoms in total. The van der Waals surface area contributed by atoms with Crippen LogP contribution in [0.5, 0.6) is 5.75 Å². The van der Waals surface area contributed by atoms with Crippen LogP contribution in [0, 0.1) is 20.8 Å². The highest BCUT2D eigenvalue weighted by molar-refractivity contribution is 5.92. The molecule has 4 N–H and O–H groups in total. The Bertz CT molecular complexity index is 1060. The first-order chi connectivity index (χ1) is 13.8. The van der Waals surface area contributed by atoms with Crippen LogP contribution >= 0.6 is 0 Å². The van der Waals surface area contributed by atoms with Crippen LogP contribution in [0.2, 0.25) is 0 Å². The number of benzene rings is 1. The number of aromatic nitrogens is 4. The number of nitrogen functional groups attached to an aromatic ring is 2. The standard InChI is InChI=1S/C20H24N6O3/c1-5-28-19(27)17-12(3)25-26(13(17)4)15-7-6-11(2)16(8-15)29-10-14-9-23-20(22)24-18(14)21/h6-9H,5,10H2,1-4H3,(H4,21,22,23,24). The monoisotopic (exact) mass is 396 g/mol. The number of anilines is 2. The maximum atomic E-state index is 12.2. The number of aryl methyl sites for hydroxylation is 2. The van der Waals surface area contributed by atoms with Crippen molar-refractivity contribution in [2.45, 2.75) is 34.3 Å². The summed E-state index contributed by atoms with van der Waals surface area (Å²) in [6.07, 6.45) is 1.55. The number of nitrogens with two attached hydrogens (primary N) is 2. The zero-order valence-corrected chi connectivity index (χ0v) is 16.9. The predicted molar refractivity (Wildman–Crippen MR) is 109 cm³/mol. The van der Waals surface area contributed by atoms with Gasteiger partial charge in [-0.15, -0.1) is 0 Å². The molecule has 0 bridgehead atoms. The topological polar surface area (TPSA) is 131 Å². The van der Waals surface area contributed by atoms with Gasteiger partial charge in [-0.25, -0.2) is 14.5 Å². The Labute approximate surface area is 168 Å². The van der Waals surface area contributed by atoms with Crippen molar-refractivity contribution < 1.29 is 14.3 Å². The minimum atomic E-state index is -0.379. The first-order valence-electron chi connectivity index (χ1n) is 9.15. The third-order valence-electron chi connectivity index (χ3n) is 4.49. The van der Waals surface area contributed by atoms with Crippen LogP contribution < -0.4 is 16.2 Å². The highest BCUT2D eigenvalue weighted by Gasteiger charge is 2.21. The molecule has 0 aliphatic carbocycles. The lowest BCUT2D eigenvalue weighted by molar-refractivity contribution is 0.0524. The summed E-state index contributed by atoms with van der Waals surface area (Å²) in [5.41, 5.74) is 15.5. The molecule has 3 aromatic rings. The van der Waals surface area contributed by atoms with Gasteiger partial charge in [0.05, 0.1) is 29.2 Å². The Morgan fingerprint density at radius 3 is 2.66 bits per heavy atom. The van der Waals surface area contributed by atoms with E-state index in [1.807, 2.05) is 32.0 Å². The molecule has 0 unspecified atom stereocenters. The second-order valence-corrected chi connectivity index (χ2v) is 6.56. The molecule has 0 spiro atoms. The Morgan fingerprint density at radius 1 is 1.21 bits per heavy atom. The maximum Gasteiger partial charge on any atom is 0.341 e. The summed E-state index contributed by atoms with van der Waals surface area (Å²) in [5.74, 6) is 0.676. The molecule has 0 aliphatic rings. The molecule has 0 saturated heterocycles. The second kappa shape index (κ2) is 8.17. The molecule has 1 aromatic carbocycles. The van der Waals surface area contributed by atoms with Gasteiger partial charge in [0.15, 0.2) is 0 Å². The van der Waals surface area contributed by atoms with Gasteiger partial charge in [-0.2, -0.15) is 10.1 Å². The largest absolute Gasteiger partial charge is 0.488 e. The van der Waals surface area contributed by atoms with E-state index in [2.05, 4.69) is 15.1 Å². The lowest BCUT2D eigenvalue weighted by Gasteiger charge is -2.13. The van der Waals surface area contributed by atoms with Gasteiger partial charge in [0, 0.05) is 12.3 Å². The van der Waals surface area contributed by atoms with E-state index in [-0.39, 0.29) is 24.3 Å². The van der Waals surface area contributed by atoms with Crippen LogP contribution in [-0.2, 0) is 11.3 Å². The summed E-state index contributed by atoms with van der Waals surface area (Å²) < 4.78 is 12.8. The van der Waals surface area contributed by atoms with E-state index < -0.39 is 0 Å². The number of carbonyl (C=O) groups is 1. The van der Waals surface area contributed by atoms with Crippen molar-refractivity contribution >= 4 is 17.7 Å². The van der Waals surface area contributed by atoms with Gasteiger partial charge in [0.25, 0.3) is 0 Å². The zero-order valence-electron chi connectivity index (χ0n) is 16.9. The summed E-state index contributed by atoms with van der Waals surface area (Å²) in [7, 11) is 0. The minimum absolute atomic E-state index is 0.117. The Morgan fingerprint density at radius 2 is 1.97 bits per heavy atom. The quantitative estimate of drug-likeness (QED) is 0.608. The van der Waals surface area contributed by atoms with E-state index in [1.54, 1.807) is 24.7 Å². The fourth-order valence-corrected chi connectivity index (χ4v) is 2.97. The van der Waals surface area contributed by atoms with Crippen LogP contribution in [-0.4, -0.2) is 32.3 Å². The summed E-state index contributed by atoms with van der Waals surface area (Å²) in [4.78, 5) is 20.1. The van der Waals surface area contributed by atoms with Gasteiger partial charge in [-0.3, -0.25) is 0 Å². The molecule has 2 aromatic heterocycles. The molecule has 0 radical (unpaired) electrons. The highest BCUT2D eigenvalue weighted by atomic mass is 16.5. The fourth-order valence-electron chi connectivity index (χ4n) is 2.97. The molecular weight excluding hydrogens is 372 g/mol. The van der Waals surface area contributed by atoms with Crippen LogP contribution in [0.25, 0.3) is 5.69 Å². The molecular formula is C20H24N6O3. The lowest BCUT2D eigenvalue weighted by atomic mass is 10.2. The fraction of sp³-hybridized carbons (Fsp3) is 0.300. The van der Waals surface area contributed by atoms with E-state index in [0.717, 1.165) is 11.3 Å². The lowest BCUT2D eigenvalue weighted by Crippen LogP contribution is -2.08. The molecule has 152 valence electrons. The predicted octanol–water partition coefficient (Wildman–Crippen LogP) is 2.51. The highest BCUT2D eigenvalue weighted by Crippen LogP contribution is 2.26. The van der Waals surface area contributed by atoms with Crippen LogP contribution in [0.4, 0.5) is 11.8 Å². The number of carbonyl (C=O) groups excluding carboxylic acids is 1. The van der Waals surface area contributed by atoms with Crippen molar-refractivity contribution in [3.05, 3.63) is 52.5 Å². The van der Waals surface area contributed by atoms with Gasteiger partial charge in [0.2, 0.25) is 5.95 Å². The average Bonchev–Trinajstić information content (AvgIpc) is 2.96. The normalized spacial score (nSPS) is 10.8. The molecule has 0 atom stereocenters. The van der Waals surface area contributed by atoms with Crippen molar-refractivity contribution in [1.29, 1.82) is 0 Å². The molecule has 2 heterocycles. The van der Waals surface area contributed by atoms with E-state index >= 15 is 0 Å². The van der Waals surface area contributed by atoms with Gasteiger partial charge >= 0.3 is 5.97 Å². The van der Waals surface area contributed by atoms with E-state index in [4.69, 9.17) is 20.9 Å².